The van der Waals surface area contributed by atoms with Crippen molar-refractivity contribution in [3.63, 3.8) is 0 Å². The molecule has 0 unspecified atom stereocenters. The molecule has 2 rings (SSSR count). The first-order chi connectivity index (χ1) is 8.69. The lowest BCUT2D eigenvalue weighted by Gasteiger charge is -2.05. The number of amides is 1. The predicted octanol–water partition coefficient (Wildman–Crippen LogP) is -1.81. The summed E-state index contributed by atoms with van der Waals surface area (Å²) in [5, 5.41) is 9.05. The molecule has 18 heavy (non-hydrogen) atoms. The number of rotatable bonds is 4. The Kier molecular flexibility index (Phi) is 3.27. The van der Waals surface area contributed by atoms with Crippen LogP contribution < -0.4 is 16.4 Å². The van der Waals surface area contributed by atoms with E-state index in [4.69, 9.17) is 5.73 Å². The zero-order valence-electron chi connectivity index (χ0n) is 9.53. The molecule has 10 nitrogen and oxygen atoms in total. The Hall–Kier alpha value is -2.78. The normalized spacial score (nSPS) is 10.1. The van der Waals surface area contributed by atoms with Crippen molar-refractivity contribution in [2.45, 2.75) is 0 Å². The second kappa shape index (κ2) is 5.03. The average Bonchev–Trinajstić information content (AvgIpc) is 2.89. The summed E-state index contributed by atoms with van der Waals surface area (Å²) in [6.45, 7) is 0.0384. The number of nitrogens with two attached hydrogens (primary N) is 1. The Bertz CT molecular complexity index is 538. The number of likely N-dealkylation sites (N-methyl/N-ethyl adjacent to an activating group) is 1. The number of hydrogen-bond donors (Lipinski definition) is 3. The molecule has 0 saturated carbocycles. The van der Waals surface area contributed by atoms with Crippen molar-refractivity contribution >= 4 is 17.8 Å². The predicted molar refractivity (Wildman–Crippen MR) is 61.7 cm³/mol. The van der Waals surface area contributed by atoms with Crippen molar-refractivity contribution in [2.24, 2.45) is 0 Å². The highest BCUT2D eigenvalue weighted by Gasteiger charge is 2.07. The van der Waals surface area contributed by atoms with Crippen molar-refractivity contribution in [2.75, 3.05) is 24.6 Å². The van der Waals surface area contributed by atoms with Crippen LogP contribution in [0.25, 0.3) is 5.95 Å². The lowest BCUT2D eigenvalue weighted by molar-refractivity contribution is -0.118. The second-order valence-corrected chi connectivity index (χ2v) is 3.18. The average molecular weight is 249 g/mol. The summed E-state index contributed by atoms with van der Waals surface area (Å²) < 4.78 is 1.34. The minimum Gasteiger partial charge on any atom is -0.368 e. The Balaban J connectivity index is 2.19. The van der Waals surface area contributed by atoms with Gasteiger partial charge in [0.1, 0.15) is 12.7 Å². The molecule has 0 bridgehead atoms. The molecule has 0 aliphatic rings. The molecule has 2 aromatic heterocycles. The van der Waals surface area contributed by atoms with Crippen LogP contribution in [0.1, 0.15) is 0 Å². The third-order valence-electron chi connectivity index (χ3n) is 1.95. The molecule has 0 saturated heterocycles. The van der Waals surface area contributed by atoms with E-state index in [-0.39, 0.29) is 30.3 Å². The molecule has 2 heterocycles. The van der Waals surface area contributed by atoms with Crippen molar-refractivity contribution in [3.8, 4) is 5.95 Å². The summed E-state index contributed by atoms with van der Waals surface area (Å²) in [5.74, 6) is 0.238. The van der Waals surface area contributed by atoms with Gasteiger partial charge in [-0.15, -0.1) is 0 Å². The number of hydrogen-bond acceptors (Lipinski definition) is 8. The molecule has 0 aliphatic heterocycles. The van der Waals surface area contributed by atoms with Crippen LogP contribution in [-0.4, -0.2) is 49.2 Å². The van der Waals surface area contributed by atoms with E-state index in [1.165, 1.54) is 24.4 Å². The van der Waals surface area contributed by atoms with Crippen LogP contribution in [-0.2, 0) is 4.79 Å². The summed E-state index contributed by atoms with van der Waals surface area (Å²) in [7, 11) is 1.53. The first-order valence-corrected chi connectivity index (χ1v) is 5.00. The molecular weight excluding hydrogens is 238 g/mol. The number of nitrogens with zero attached hydrogens (tertiary/aromatic N) is 6. The first kappa shape index (κ1) is 11.7. The molecule has 4 N–H and O–H groups in total. The monoisotopic (exact) mass is 249 g/mol. The maximum absolute atomic E-state index is 11.1. The molecule has 0 spiro atoms. The van der Waals surface area contributed by atoms with E-state index in [0.717, 1.165) is 0 Å². The van der Waals surface area contributed by atoms with Gasteiger partial charge in [-0.1, -0.05) is 0 Å². The van der Waals surface area contributed by atoms with E-state index in [2.05, 4.69) is 35.7 Å². The third-order valence-corrected chi connectivity index (χ3v) is 1.95. The number of nitrogens with one attached hydrogen (secondary N) is 2. The van der Waals surface area contributed by atoms with Crippen molar-refractivity contribution < 1.29 is 4.79 Å². The Labute approximate surface area is 102 Å². The summed E-state index contributed by atoms with van der Waals surface area (Å²) in [6.07, 6.45) is 2.77. The quantitative estimate of drug-likeness (QED) is 0.576. The maximum Gasteiger partial charge on any atom is 0.258 e. The van der Waals surface area contributed by atoms with E-state index in [9.17, 15) is 4.79 Å². The zero-order chi connectivity index (χ0) is 13.0. The largest absolute Gasteiger partial charge is 0.368 e. The van der Waals surface area contributed by atoms with Crippen molar-refractivity contribution in [1.29, 1.82) is 0 Å². The summed E-state index contributed by atoms with van der Waals surface area (Å²) in [4.78, 5) is 26.7. The van der Waals surface area contributed by atoms with Crippen LogP contribution in [0.3, 0.4) is 0 Å². The number of carbonyl (C=O) groups excluding carboxylic acids is 1. The maximum atomic E-state index is 11.1. The minimum absolute atomic E-state index is 0.0231. The molecule has 0 aliphatic carbocycles. The van der Waals surface area contributed by atoms with E-state index in [1.807, 2.05) is 0 Å². The molecule has 0 fully saturated rings. The Morgan fingerprint density at radius 3 is 2.94 bits per heavy atom. The Morgan fingerprint density at radius 2 is 2.28 bits per heavy atom. The number of nitrogen functional groups attached to an aromatic ring is 1. The van der Waals surface area contributed by atoms with E-state index in [1.54, 1.807) is 0 Å². The highest BCUT2D eigenvalue weighted by atomic mass is 16.1. The molecule has 0 atom stereocenters. The molecule has 2 aromatic rings. The summed E-state index contributed by atoms with van der Waals surface area (Å²) >= 11 is 0. The highest BCUT2D eigenvalue weighted by Crippen LogP contribution is 2.05. The Morgan fingerprint density at radius 1 is 1.44 bits per heavy atom. The molecule has 10 heteroatoms. The van der Waals surface area contributed by atoms with Gasteiger partial charge >= 0.3 is 0 Å². The number of carbonyl (C=O) groups is 1. The third kappa shape index (κ3) is 2.66. The molecule has 0 radical (unpaired) electrons. The second-order valence-electron chi connectivity index (χ2n) is 3.18. The van der Waals surface area contributed by atoms with E-state index >= 15 is 0 Å². The highest BCUT2D eigenvalue weighted by molar-refractivity contribution is 5.79. The van der Waals surface area contributed by atoms with Gasteiger partial charge in [0.25, 0.3) is 5.95 Å². The fourth-order valence-corrected chi connectivity index (χ4v) is 1.12. The number of anilines is 2. The lowest BCUT2D eigenvalue weighted by Crippen LogP contribution is -2.27. The SMILES string of the molecule is CNC(=O)CNc1nc(N)nc(-n2cncn2)n1. The van der Waals surface area contributed by atoms with Gasteiger partial charge in [0.15, 0.2) is 0 Å². The minimum atomic E-state index is -0.198. The molecular formula is C8H11N9O. The molecule has 1 amide bonds. The topological polar surface area (TPSA) is 137 Å². The van der Waals surface area contributed by atoms with Crippen LogP contribution in [0.2, 0.25) is 0 Å². The lowest BCUT2D eigenvalue weighted by atomic mass is 10.6. The van der Waals surface area contributed by atoms with Gasteiger partial charge in [-0.3, -0.25) is 4.79 Å². The van der Waals surface area contributed by atoms with Gasteiger partial charge in [-0.25, -0.2) is 4.98 Å². The number of aromatic nitrogens is 6. The molecule has 0 aromatic carbocycles. The molecule has 94 valence electrons. The zero-order valence-corrected chi connectivity index (χ0v) is 9.53. The summed E-state index contributed by atoms with van der Waals surface area (Å²) in [5.41, 5.74) is 5.54. The van der Waals surface area contributed by atoms with Gasteiger partial charge in [-0.2, -0.15) is 24.7 Å². The first-order valence-electron chi connectivity index (χ1n) is 5.00. The van der Waals surface area contributed by atoms with Crippen LogP contribution in [0.15, 0.2) is 12.7 Å². The fraction of sp³-hybridized carbons (Fsp3) is 0.250. The van der Waals surface area contributed by atoms with Crippen LogP contribution >= 0.6 is 0 Å². The van der Waals surface area contributed by atoms with Crippen molar-refractivity contribution in [3.05, 3.63) is 12.7 Å². The van der Waals surface area contributed by atoms with E-state index < -0.39 is 0 Å². The van der Waals surface area contributed by atoms with Crippen LogP contribution in [0, 0.1) is 0 Å². The van der Waals surface area contributed by atoms with Crippen molar-refractivity contribution in [1.82, 2.24) is 35.0 Å². The van der Waals surface area contributed by atoms with Gasteiger partial charge in [0.2, 0.25) is 17.8 Å². The van der Waals surface area contributed by atoms with Gasteiger partial charge in [-0.05, 0) is 0 Å². The van der Waals surface area contributed by atoms with Gasteiger partial charge in [0, 0.05) is 7.05 Å². The van der Waals surface area contributed by atoms with Gasteiger partial charge in [0.05, 0.1) is 6.54 Å². The standard InChI is InChI=1S/C8H11N9O/c1-10-5(18)2-12-7-14-6(9)15-8(16-7)17-4-11-3-13-17/h3-4H,2H2,1H3,(H,10,18)(H3,9,12,14,15,16). The van der Waals surface area contributed by atoms with Crippen LogP contribution in [0.5, 0.6) is 0 Å². The smallest absolute Gasteiger partial charge is 0.258 e. The van der Waals surface area contributed by atoms with Gasteiger partial charge < -0.3 is 16.4 Å². The van der Waals surface area contributed by atoms with Crippen LogP contribution in [0.4, 0.5) is 11.9 Å². The fourth-order valence-electron chi connectivity index (χ4n) is 1.12. The summed E-state index contributed by atoms with van der Waals surface area (Å²) in [6, 6.07) is 0. The van der Waals surface area contributed by atoms with E-state index in [0.29, 0.717) is 0 Å².